The van der Waals surface area contributed by atoms with Crippen molar-refractivity contribution in [1.82, 2.24) is 0 Å². The molecule has 2 N–H and O–H groups in total. The Hall–Kier alpha value is -2.15. The molecule has 1 rings (SSSR count). The van der Waals surface area contributed by atoms with E-state index in [0.717, 1.165) is 12.1 Å². The van der Waals surface area contributed by atoms with E-state index in [-0.39, 0.29) is 24.1 Å². The average molecular weight is 283 g/mol. The molecule has 1 aromatic carbocycles. The van der Waals surface area contributed by atoms with Crippen LogP contribution in [0.2, 0.25) is 0 Å². The highest BCUT2D eigenvalue weighted by Crippen LogP contribution is 2.23. The molecule has 2 unspecified atom stereocenters. The van der Waals surface area contributed by atoms with Gasteiger partial charge in [-0.15, -0.1) is 0 Å². The number of hydrogen-bond donors (Lipinski definition) is 2. The van der Waals surface area contributed by atoms with E-state index in [1.54, 1.807) is 0 Å². The van der Waals surface area contributed by atoms with Crippen molar-refractivity contribution >= 4 is 5.97 Å². The predicted octanol–water partition coefficient (Wildman–Crippen LogP) is 1.71. The Labute approximate surface area is 114 Å². The molecule has 0 aromatic heterocycles. The number of hydrogen-bond acceptors (Lipinski definition) is 5. The van der Waals surface area contributed by atoms with E-state index in [9.17, 15) is 19.4 Å². The summed E-state index contributed by atoms with van der Waals surface area (Å²) in [6.07, 6.45) is -2.89. The van der Waals surface area contributed by atoms with Gasteiger partial charge in [0.15, 0.2) is 0 Å². The second kappa shape index (κ2) is 7.44. The van der Waals surface area contributed by atoms with Gasteiger partial charge in [0.25, 0.3) is 0 Å². The normalized spacial score (nSPS) is 13.2. The van der Waals surface area contributed by atoms with Crippen LogP contribution in [0.1, 0.15) is 28.4 Å². The Bertz CT molecular complexity index is 531. The highest BCUT2D eigenvalue weighted by atomic mass is 19.1. The maximum Gasteiger partial charge on any atom is 0.337 e. The minimum absolute atomic E-state index is 0.0346. The summed E-state index contributed by atoms with van der Waals surface area (Å²) in [6.45, 7) is -0.0347. The largest absolute Gasteiger partial charge is 0.465 e. The highest BCUT2D eigenvalue weighted by Gasteiger charge is 2.22. The lowest BCUT2D eigenvalue weighted by Gasteiger charge is -2.18. The summed E-state index contributed by atoms with van der Waals surface area (Å²) in [5.41, 5.74) is 7.95. The molecule has 8 heteroatoms. The molecule has 0 bridgehead atoms. The van der Waals surface area contributed by atoms with Crippen LogP contribution in [0.5, 0.6) is 0 Å². The van der Waals surface area contributed by atoms with Crippen molar-refractivity contribution in [1.29, 1.82) is 0 Å². The van der Waals surface area contributed by atoms with Crippen LogP contribution in [0.25, 0.3) is 10.4 Å². The molecule has 2 atom stereocenters. The molecule has 0 saturated heterocycles. The summed E-state index contributed by atoms with van der Waals surface area (Å²) in [7, 11) is 1.18. The molecule has 0 amide bonds. The van der Waals surface area contributed by atoms with E-state index in [0.29, 0.717) is 0 Å². The Morgan fingerprint density at radius 3 is 2.85 bits per heavy atom. The second-order valence-electron chi connectivity index (χ2n) is 3.98. The number of benzene rings is 1. The third-order valence-corrected chi connectivity index (χ3v) is 2.69. The fourth-order valence-electron chi connectivity index (χ4n) is 1.62. The van der Waals surface area contributed by atoms with Crippen LogP contribution in [0.4, 0.5) is 4.39 Å². The molecule has 0 saturated carbocycles. The number of azide groups is 1. The zero-order chi connectivity index (χ0) is 15.1. The summed E-state index contributed by atoms with van der Waals surface area (Å²) >= 11 is 0. The smallest absolute Gasteiger partial charge is 0.337 e. The molecule has 0 aliphatic rings. The van der Waals surface area contributed by atoms with E-state index in [1.807, 2.05) is 0 Å². The van der Waals surface area contributed by atoms with Crippen molar-refractivity contribution in [2.24, 2.45) is 5.11 Å². The monoisotopic (exact) mass is 283 g/mol. The van der Waals surface area contributed by atoms with Crippen LogP contribution in [0, 0.1) is 5.82 Å². The molecule has 0 radical (unpaired) electrons. The third-order valence-electron chi connectivity index (χ3n) is 2.69. The van der Waals surface area contributed by atoms with Crippen LogP contribution in [-0.4, -0.2) is 35.9 Å². The first kappa shape index (κ1) is 15.9. The van der Waals surface area contributed by atoms with E-state index >= 15 is 0 Å². The average Bonchev–Trinajstić information content (AvgIpc) is 2.46. The quantitative estimate of drug-likeness (QED) is 0.358. The fourth-order valence-corrected chi connectivity index (χ4v) is 1.62. The van der Waals surface area contributed by atoms with Crippen molar-refractivity contribution in [3.8, 4) is 0 Å². The van der Waals surface area contributed by atoms with Crippen LogP contribution in [-0.2, 0) is 4.74 Å². The van der Waals surface area contributed by atoms with E-state index in [1.165, 1.54) is 13.2 Å². The summed E-state index contributed by atoms with van der Waals surface area (Å²) in [5.74, 6) is -1.44. The molecule has 0 aliphatic heterocycles. The first-order valence-electron chi connectivity index (χ1n) is 5.76. The van der Waals surface area contributed by atoms with Gasteiger partial charge in [0.2, 0.25) is 0 Å². The minimum Gasteiger partial charge on any atom is -0.465 e. The lowest BCUT2D eigenvalue weighted by molar-refractivity contribution is 0.0129. The van der Waals surface area contributed by atoms with Crippen molar-refractivity contribution in [2.75, 3.05) is 13.7 Å². The number of aliphatic hydroxyl groups excluding tert-OH is 2. The number of rotatable bonds is 6. The molecule has 0 aliphatic carbocycles. The second-order valence-corrected chi connectivity index (χ2v) is 3.98. The highest BCUT2D eigenvalue weighted by molar-refractivity contribution is 5.89. The number of carbonyl (C=O) groups excluding carboxylic acids is 1. The summed E-state index contributed by atoms with van der Waals surface area (Å²) < 4.78 is 18.1. The van der Waals surface area contributed by atoms with Crippen LogP contribution in [0.3, 0.4) is 0 Å². The molecule has 108 valence electrons. The predicted molar refractivity (Wildman–Crippen MR) is 67.3 cm³/mol. The number of nitrogens with zero attached hydrogens (tertiary/aromatic N) is 3. The molecule has 0 spiro atoms. The molecular weight excluding hydrogens is 269 g/mol. The van der Waals surface area contributed by atoms with Gasteiger partial charge >= 0.3 is 5.97 Å². The van der Waals surface area contributed by atoms with Gasteiger partial charge in [0.05, 0.1) is 18.8 Å². The molecule has 0 fully saturated rings. The number of carbonyl (C=O) groups is 1. The first-order chi connectivity index (χ1) is 9.51. The van der Waals surface area contributed by atoms with Gasteiger partial charge in [-0.25, -0.2) is 9.18 Å². The molecule has 20 heavy (non-hydrogen) atoms. The van der Waals surface area contributed by atoms with Crippen LogP contribution in [0.15, 0.2) is 23.3 Å². The third kappa shape index (κ3) is 3.92. The van der Waals surface area contributed by atoms with Gasteiger partial charge in [-0.05, 0) is 30.2 Å². The van der Waals surface area contributed by atoms with Gasteiger partial charge < -0.3 is 14.9 Å². The zero-order valence-electron chi connectivity index (χ0n) is 10.7. The van der Waals surface area contributed by atoms with Crippen LogP contribution < -0.4 is 0 Å². The molecular formula is C12H14FN3O4. The minimum atomic E-state index is -1.53. The van der Waals surface area contributed by atoms with Crippen molar-refractivity contribution in [3.05, 3.63) is 45.6 Å². The maximum atomic E-state index is 13.6. The molecule has 7 nitrogen and oxygen atoms in total. The Morgan fingerprint density at radius 2 is 2.25 bits per heavy atom. The lowest BCUT2D eigenvalue weighted by Crippen LogP contribution is -2.20. The number of esters is 1. The number of halogens is 1. The Balaban J connectivity index is 2.93. The van der Waals surface area contributed by atoms with Gasteiger partial charge in [-0.1, -0.05) is 5.11 Å². The Morgan fingerprint density at radius 1 is 1.55 bits per heavy atom. The SMILES string of the molecule is COC(=O)c1ccc(F)c(C(O)C(O)CCN=[N+]=[N-])c1. The Kier molecular flexibility index (Phi) is 5.92. The molecule has 1 aromatic rings. The summed E-state index contributed by atoms with van der Waals surface area (Å²) in [5, 5.41) is 22.8. The maximum absolute atomic E-state index is 13.6. The van der Waals surface area contributed by atoms with E-state index < -0.39 is 24.0 Å². The lowest BCUT2D eigenvalue weighted by atomic mass is 9.99. The van der Waals surface area contributed by atoms with E-state index in [2.05, 4.69) is 14.8 Å². The standard InChI is InChI=1S/C12H14FN3O4/c1-20-12(19)7-2-3-9(13)8(6-7)11(18)10(17)4-5-15-16-14/h2-3,6,10-11,17-18H,4-5H2,1H3. The van der Waals surface area contributed by atoms with Gasteiger partial charge in [-0.2, -0.15) is 0 Å². The van der Waals surface area contributed by atoms with Gasteiger partial charge in [0, 0.05) is 17.0 Å². The first-order valence-corrected chi connectivity index (χ1v) is 5.76. The number of ether oxygens (including phenoxy) is 1. The van der Waals surface area contributed by atoms with E-state index in [4.69, 9.17) is 5.53 Å². The zero-order valence-corrected chi connectivity index (χ0v) is 10.7. The molecule has 0 heterocycles. The van der Waals surface area contributed by atoms with Gasteiger partial charge in [-0.3, -0.25) is 0 Å². The van der Waals surface area contributed by atoms with Crippen molar-refractivity contribution < 1.29 is 24.1 Å². The van der Waals surface area contributed by atoms with Crippen LogP contribution >= 0.6 is 0 Å². The fraction of sp³-hybridized carbons (Fsp3) is 0.417. The topological polar surface area (TPSA) is 116 Å². The van der Waals surface area contributed by atoms with Crippen molar-refractivity contribution in [2.45, 2.75) is 18.6 Å². The van der Waals surface area contributed by atoms with Gasteiger partial charge in [0.1, 0.15) is 11.9 Å². The summed E-state index contributed by atoms with van der Waals surface area (Å²) in [6, 6.07) is 3.33. The van der Waals surface area contributed by atoms with Crippen molar-refractivity contribution in [3.63, 3.8) is 0 Å². The number of aliphatic hydroxyl groups is 2. The summed E-state index contributed by atoms with van der Waals surface area (Å²) in [4.78, 5) is 13.8. The number of methoxy groups -OCH3 is 1.